The molecule has 1 atom stereocenters. The van der Waals surface area contributed by atoms with Crippen molar-refractivity contribution < 1.29 is 19.8 Å². The van der Waals surface area contributed by atoms with E-state index < -0.39 is 17.7 Å². The number of nitrogens with two attached hydrogens (primary N) is 1. The van der Waals surface area contributed by atoms with E-state index in [1.807, 2.05) is 0 Å². The van der Waals surface area contributed by atoms with Crippen molar-refractivity contribution in [2.24, 2.45) is 5.73 Å². The number of rotatable bonds is 1. The van der Waals surface area contributed by atoms with Crippen molar-refractivity contribution in [1.29, 1.82) is 0 Å². The van der Waals surface area contributed by atoms with Crippen LogP contribution in [0, 0.1) is 0 Å². The molecule has 0 radical (unpaired) electrons. The Balaban J connectivity index is 2.89. The Morgan fingerprint density at radius 2 is 2.00 bits per heavy atom. The number of amides is 1. The minimum Gasteiger partial charge on any atom is -0.478 e. The molecular weight excluding hydrogens is 164 g/mol. The Labute approximate surface area is 68.6 Å². The summed E-state index contributed by atoms with van der Waals surface area (Å²) in [6, 6.07) is 0. The standard InChI is InChI=1S/C6H10N2O4/c7-6(4(9)10)2-1-3-8(6)5(11)12/h1-3,7H2,(H,9,10)(H,11,12)/t6-/m0/s1. The van der Waals surface area contributed by atoms with Crippen LogP contribution in [0.5, 0.6) is 0 Å². The number of likely N-dealkylation sites (tertiary alicyclic amines) is 1. The molecular formula is C6H10N2O4. The van der Waals surface area contributed by atoms with Gasteiger partial charge in [0, 0.05) is 6.54 Å². The van der Waals surface area contributed by atoms with Gasteiger partial charge in [0.25, 0.3) is 0 Å². The molecule has 1 amide bonds. The van der Waals surface area contributed by atoms with Crippen LogP contribution in [0.2, 0.25) is 0 Å². The second kappa shape index (κ2) is 2.63. The smallest absolute Gasteiger partial charge is 0.409 e. The fraction of sp³-hybridized carbons (Fsp3) is 0.667. The predicted octanol–water partition coefficient (Wildman–Crippen LogP) is -0.500. The Kier molecular flexibility index (Phi) is 1.93. The molecule has 68 valence electrons. The first-order valence-corrected chi connectivity index (χ1v) is 3.51. The van der Waals surface area contributed by atoms with E-state index in [0.29, 0.717) is 6.42 Å². The van der Waals surface area contributed by atoms with E-state index in [4.69, 9.17) is 15.9 Å². The maximum atomic E-state index is 10.6. The Hall–Kier alpha value is -1.30. The summed E-state index contributed by atoms with van der Waals surface area (Å²) < 4.78 is 0. The molecule has 1 rings (SSSR count). The van der Waals surface area contributed by atoms with E-state index in [9.17, 15) is 9.59 Å². The third-order valence-electron chi connectivity index (χ3n) is 2.02. The number of carboxylic acids is 1. The lowest BCUT2D eigenvalue weighted by molar-refractivity contribution is -0.148. The zero-order valence-electron chi connectivity index (χ0n) is 6.36. The van der Waals surface area contributed by atoms with E-state index in [2.05, 4.69) is 0 Å². The molecule has 0 aromatic heterocycles. The van der Waals surface area contributed by atoms with Crippen LogP contribution < -0.4 is 5.73 Å². The molecule has 1 saturated heterocycles. The van der Waals surface area contributed by atoms with Gasteiger partial charge >= 0.3 is 12.1 Å². The van der Waals surface area contributed by atoms with Gasteiger partial charge in [-0.2, -0.15) is 0 Å². The number of carbonyl (C=O) groups is 2. The highest BCUT2D eigenvalue weighted by atomic mass is 16.4. The average Bonchev–Trinajstić information content (AvgIpc) is 2.32. The van der Waals surface area contributed by atoms with Gasteiger partial charge in [-0.15, -0.1) is 0 Å². The van der Waals surface area contributed by atoms with Crippen LogP contribution in [-0.4, -0.2) is 39.4 Å². The van der Waals surface area contributed by atoms with Gasteiger partial charge in [0.1, 0.15) is 0 Å². The van der Waals surface area contributed by atoms with Gasteiger partial charge in [0.15, 0.2) is 5.66 Å². The first kappa shape index (κ1) is 8.79. The number of aliphatic carboxylic acids is 1. The second-order valence-electron chi connectivity index (χ2n) is 2.77. The lowest BCUT2D eigenvalue weighted by Crippen LogP contribution is -2.59. The maximum Gasteiger partial charge on any atom is 0.409 e. The lowest BCUT2D eigenvalue weighted by atomic mass is 10.1. The molecule has 1 fully saturated rings. The van der Waals surface area contributed by atoms with Crippen molar-refractivity contribution in [3.8, 4) is 0 Å². The fourth-order valence-electron chi connectivity index (χ4n) is 1.33. The highest BCUT2D eigenvalue weighted by Crippen LogP contribution is 2.24. The molecule has 0 aliphatic carbocycles. The summed E-state index contributed by atoms with van der Waals surface area (Å²) in [5, 5.41) is 17.2. The Morgan fingerprint density at radius 1 is 1.42 bits per heavy atom. The van der Waals surface area contributed by atoms with E-state index in [0.717, 1.165) is 4.90 Å². The molecule has 6 heteroatoms. The van der Waals surface area contributed by atoms with Crippen LogP contribution in [0.4, 0.5) is 4.79 Å². The molecule has 12 heavy (non-hydrogen) atoms. The van der Waals surface area contributed by atoms with Crippen molar-refractivity contribution in [3.63, 3.8) is 0 Å². The van der Waals surface area contributed by atoms with Gasteiger partial charge in [-0.1, -0.05) is 0 Å². The lowest BCUT2D eigenvalue weighted by Gasteiger charge is -2.27. The van der Waals surface area contributed by atoms with Crippen molar-refractivity contribution in [1.82, 2.24) is 4.90 Å². The molecule has 0 aromatic rings. The minimum atomic E-state index is -1.72. The topological polar surface area (TPSA) is 104 Å². The third kappa shape index (κ3) is 1.10. The largest absolute Gasteiger partial charge is 0.478 e. The van der Waals surface area contributed by atoms with Crippen LogP contribution >= 0.6 is 0 Å². The molecule has 1 aliphatic rings. The predicted molar refractivity (Wildman–Crippen MR) is 38.5 cm³/mol. The van der Waals surface area contributed by atoms with E-state index in [-0.39, 0.29) is 13.0 Å². The molecule has 0 bridgehead atoms. The van der Waals surface area contributed by atoms with Crippen molar-refractivity contribution in [3.05, 3.63) is 0 Å². The number of hydrogen-bond donors (Lipinski definition) is 3. The van der Waals surface area contributed by atoms with Crippen molar-refractivity contribution >= 4 is 12.1 Å². The number of nitrogens with zero attached hydrogens (tertiary/aromatic N) is 1. The molecule has 4 N–H and O–H groups in total. The highest BCUT2D eigenvalue weighted by molar-refractivity contribution is 5.83. The van der Waals surface area contributed by atoms with Crippen LogP contribution in [0.15, 0.2) is 0 Å². The minimum absolute atomic E-state index is 0.175. The summed E-state index contributed by atoms with van der Waals surface area (Å²) in [5.41, 5.74) is 3.68. The van der Waals surface area contributed by atoms with E-state index >= 15 is 0 Å². The molecule has 6 nitrogen and oxygen atoms in total. The summed E-state index contributed by atoms with van der Waals surface area (Å²) in [4.78, 5) is 21.9. The molecule has 0 aromatic carbocycles. The van der Waals surface area contributed by atoms with Crippen LogP contribution in [-0.2, 0) is 4.79 Å². The Bertz CT molecular complexity index is 230. The van der Waals surface area contributed by atoms with Gasteiger partial charge in [-0.25, -0.2) is 9.59 Å². The molecule has 0 spiro atoms. The quantitative estimate of drug-likeness (QED) is 0.497. The molecule has 0 saturated carbocycles. The van der Waals surface area contributed by atoms with Gasteiger partial charge in [-0.3, -0.25) is 10.6 Å². The van der Waals surface area contributed by atoms with Crippen LogP contribution in [0.25, 0.3) is 0 Å². The number of carboxylic acid groups (broad SMARTS) is 2. The SMILES string of the molecule is N[C@@]1(C(=O)O)CCCN1C(=O)O. The summed E-state index contributed by atoms with van der Waals surface area (Å²) in [6.45, 7) is 0.193. The van der Waals surface area contributed by atoms with Gasteiger partial charge in [-0.05, 0) is 12.8 Å². The molecule has 1 aliphatic heterocycles. The first-order valence-electron chi connectivity index (χ1n) is 3.51. The maximum absolute atomic E-state index is 10.6. The van der Waals surface area contributed by atoms with Crippen molar-refractivity contribution in [2.75, 3.05) is 6.54 Å². The van der Waals surface area contributed by atoms with Crippen LogP contribution in [0.1, 0.15) is 12.8 Å². The van der Waals surface area contributed by atoms with Crippen LogP contribution in [0.3, 0.4) is 0 Å². The highest BCUT2D eigenvalue weighted by Gasteiger charge is 2.47. The fourth-order valence-corrected chi connectivity index (χ4v) is 1.33. The summed E-state index contributed by atoms with van der Waals surface area (Å²) >= 11 is 0. The van der Waals surface area contributed by atoms with Gasteiger partial charge < -0.3 is 10.2 Å². The third-order valence-corrected chi connectivity index (χ3v) is 2.02. The van der Waals surface area contributed by atoms with Gasteiger partial charge in [0.2, 0.25) is 0 Å². The molecule has 0 unspecified atom stereocenters. The van der Waals surface area contributed by atoms with Crippen molar-refractivity contribution in [2.45, 2.75) is 18.5 Å². The molecule has 1 heterocycles. The average molecular weight is 174 g/mol. The number of hydrogen-bond acceptors (Lipinski definition) is 3. The summed E-state index contributed by atoms with van der Waals surface area (Å²) in [5.74, 6) is -1.29. The second-order valence-corrected chi connectivity index (χ2v) is 2.77. The summed E-state index contributed by atoms with van der Waals surface area (Å²) in [6.07, 6.45) is -0.610. The zero-order chi connectivity index (χ0) is 9.35. The van der Waals surface area contributed by atoms with E-state index in [1.165, 1.54) is 0 Å². The monoisotopic (exact) mass is 174 g/mol. The first-order chi connectivity index (χ1) is 5.48. The zero-order valence-corrected chi connectivity index (χ0v) is 6.36. The van der Waals surface area contributed by atoms with Gasteiger partial charge in [0.05, 0.1) is 0 Å². The normalized spacial score (nSPS) is 28.9. The van der Waals surface area contributed by atoms with E-state index in [1.54, 1.807) is 0 Å². The summed E-state index contributed by atoms with van der Waals surface area (Å²) in [7, 11) is 0. The Morgan fingerprint density at radius 3 is 2.33 bits per heavy atom.